The lowest BCUT2D eigenvalue weighted by Crippen LogP contribution is -2.19. The molecule has 2 aromatic rings. The van der Waals surface area contributed by atoms with Gasteiger partial charge in [-0.15, -0.1) is 11.3 Å². The van der Waals surface area contributed by atoms with Gasteiger partial charge in [-0.1, -0.05) is 0 Å². The standard InChI is InChI=1S/C9H8N2OS/c10-7-3-1-5-11(9(7)12)8-4-2-6-13-8/h1-6H,10H2. The second-order valence-electron chi connectivity index (χ2n) is 2.59. The van der Waals surface area contributed by atoms with Gasteiger partial charge in [0, 0.05) is 6.20 Å². The smallest absolute Gasteiger partial charge is 0.278 e. The lowest BCUT2D eigenvalue weighted by molar-refractivity contribution is 1.02. The summed E-state index contributed by atoms with van der Waals surface area (Å²) in [6.07, 6.45) is 1.71. The Morgan fingerprint density at radius 2 is 2.15 bits per heavy atom. The Hall–Kier alpha value is -1.55. The molecular weight excluding hydrogens is 184 g/mol. The molecule has 2 rings (SSSR count). The summed E-state index contributed by atoms with van der Waals surface area (Å²) in [6.45, 7) is 0. The second kappa shape index (κ2) is 3.06. The number of nitrogens with two attached hydrogens (primary N) is 1. The summed E-state index contributed by atoms with van der Waals surface area (Å²) in [4.78, 5) is 11.5. The quantitative estimate of drug-likeness (QED) is 0.744. The minimum absolute atomic E-state index is 0.162. The van der Waals surface area contributed by atoms with E-state index in [1.54, 1.807) is 22.9 Å². The molecular formula is C9H8N2OS. The Morgan fingerprint density at radius 3 is 2.85 bits per heavy atom. The van der Waals surface area contributed by atoms with E-state index in [2.05, 4.69) is 0 Å². The number of pyridine rings is 1. The van der Waals surface area contributed by atoms with Crippen LogP contribution in [0.25, 0.3) is 5.00 Å². The Labute approximate surface area is 79.1 Å². The molecule has 0 fully saturated rings. The highest BCUT2D eigenvalue weighted by Gasteiger charge is 2.01. The summed E-state index contributed by atoms with van der Waals surface area (Å²) in [5.41, 5.74) is 5.61. The van der Waals surface area contributed by atoms with Crippen LogP contribution in [0.4, 0.5) is 5.69 Å². The average molecular weight is 192 g/mol. The first-order valence-electron chi connectivity index (χ1n) is 3.80. The summed E-state index contributed by atoms with van der Waals surface area (Å²) in [5, 5.41) is 2.81. The summed E-state index contributed by atoms with van der Waals surface area (Å²) < 4.78 is 1.54. The maximum atomic E-state index is 11.5. The van der Waals surface area contributed by atoms with Crippen molar-refractivity contribution < 1.29 is 0 Å². The van der Waals surface area contributed by atoms with Gasteiger partial charge in [0.25, 0.3) is 5.56 Å². The number of nitrogen functional groups attached to an aromatic ring is 1. The van der Waals surface area contributed by atoms with Gasteiger partial charge < -0.3 is 5.73 Å². The van der Waals surface area contributed by atoms with E-state index in [1.165, 1.54) is 11.3 Å². The Bertz CT molecular complexity index is 459. The molecule has 0 radical (unpaired) electrons. The van der Waals surface area contributed by atoms with Gasteiger partial charge >= 0.3 is 0 Å². The first-order valence-corrected chi connectivity index (χ1v) is 4.68. The highest BCUT2D eigenvalue weighted by atomic mass is 32.1. The molecule has 0 atom stereocenters. The van der Waals surface area contributed by atoms with Crippen LogP contribution in [-0.2, 0) is 0 Å². The van der Waals surface area contributed by atoms with Gasteiger partial charge in [0.1, 0.15) is 5.00 Å². The van der Waals surface area contributed by atoms with Gasteiger partial charge in [0.05, 0.1) is 5.69 Å². The van der Waals surface area contributed by atoms with Crippen LogP contribution in [0.1, 0.15) is 0 Å². The van der Waals surface area contributed by atoms with Gasteiger partial charge in [-0.05, 0) is 29.6 Å². The minimum atomic E-state index is -0.162. The van der Waals surface area contributed by atoms with E-state index in [9.17, 15) is 4.79 Å². The summed E-state index contributed by atoms with van der Waals surface area (Å²) in [7, 11) is 0. The summed E-state index contributed by atoms with van der Waals surface area (Å²) in [6, 6.07) is 7.14. The second-order valence-corrected chi connectivity index (χ2v) is 3.52. The van der Waals surface area contributed by atoms with Gasteiger partial charge in [-0.25, -0.2) is 0 Å². The molecule has 3 nitrogen and oxygen atoms in total. The molecule has 0 aromatic carbocycles. The van der Waals surface area contributed by atoms with Crippen LogP contribution in [-0.4, -0.2) is 4.57 Å². The molecule has 0 aliphatic rings. The van der Waals surface area contributed by atoms with Gasteiger partial charge in [0.15, 0.2) is 0 Å². The van der Waals surface area contributed by atoms with E-state index in [4.69, 9.17) is 5.73 Å². The van der Waals surface area contributed by atoms with E-state index in [-0.39, 0.29) is 11.2 Å². The molecule has 0 unspecified atom stereocenters. The monoisotopic (exact) mass is 192 g/mol. The zero-order valence-corrected chi connectivity index (χ0v) is 7.62. The van der Waals surface area contributed by atoms with Gasteiger partial charge in [0.2, 0.25) is 0 Å². The van der Waals surface area contributed by atoms with Crippen LogP contribution in [0.5, 0.6) is 0 Å². The van der Waals surface area contributed by atoms with Crippen molar-refractivity contribution in [3.05, 3.63) is 46.2 Å². The zero-order chi connectivity index (χ0) is 9.26. The van der Waals surface area contributed by atoms with Crippen LogP contribution >= 0.6 is 11.3 Å². The number of nitrogens with zero attached hydrogens (tertiary/aromatic N) is 1. The molecule has 13 heavy (non-hydrogen) atoms. The third-order valence-corrected chi connectivity index (χ3v) is 2.59. The fourth-order valence-electron chi connectivity index (χ4n) is 1.09. The molecule has 0 bridgehead atoms. The molecule has 4 heteroatoms. The highest BCUT2D eigenvalue weighted by molar-refractivity contribution is 7.12. The molecule has 0 amide bonds. The summed E-state index contributed by atoms with van der Waals surface area (Å²) >= 11 is 1.51. The Morgan fingerprint density at radius 1 is 1.31 bits per heavy atom. The third kappa shape index (κ3) is 1.36. The number of anilines is 1. The van der Waals surface area contributed by atoms with Crippen molar-refractivity contribution in [3.8, 4) is 5.00 Å². The number of hydrogen-bond donors (Lipinski definition) is 1. The van der Waals surface area contributed by atoms with E-state index >= 15 is 0 Å². The highest BCUT2D eigenvalue weighted by Crippen LogP contribution is 2.12. The topological polar surface area (TPSA) is 48.0 Å². The largest absolute Gasteiger partial charge is 0.394 e. The van der Waals surface area contributed by atoms with E-state index in [0.29, 0.717) is 0 Å². The van der Waals surface area contributed by atoms with Gasteiger partial charge in [-0.3, -0.25) is 9.36 Å². The predicted molar refractivity (Wildman–Crippen MR) is 54.3 cm³/mol. The van der Waals surface area contributed by atoms with E-state index < -0.39 is 0 Å². The third-order valence-electron chi connectivity index (χ3n) is 1.72. The minimum Gasteiger partial charge on any atom is -0.394 e. The first kappa shape index (κ1) is 8.07. The average Bonchev–Trinajstić information content (AvgIpc) is 2.62. The number of hydrogen-bond acceptors (Lipinski definition) is 3. The maximum Gasteiger partial charge on any atom is 0.278 e. The van der Waals surface area contributed by atoms with E-state index in [1.807, 2.05) is 17.5 Å². The van der Waals surface area contributed by atoms with Crippen molar-refractivity contribution in [2.24, 2.45) is 0 Å². The maximum absolute atomic E-state index is 11.5. The number of thiophene rings is 1. The molecule has 0 spiro atoms. The molecule has 2 N–H and O–H groups in total. The van der Waals surface area contributed by atoms with Crippen molar-refractivity contribution in [3.63, 3.8) is 0 Å². The molecule has 2 heterocycles. The van der Waals surface area contributed by atoms with Crippen LogP contribution in [0.2, 0.25) is 0 Å². The first-order chi connectivity index (χ1) is 6.29. The van der Waals surface area contributed by atoms with Crippen LogP contribution in [0.3, 0.4) is 0 Å². The molecule has 0 aliphatic heterocycles. The normalized spacial score (nSPS) is 10.2. The van der Waals surface area contributed by atoms with Crippen molar-refractivity contribution in [2.75, 3.05) is 5.73 Å². The lowest BCUT2D eigenvalue weighted by Gasteiger charge is -2.01. The molecule has 0 saturated carbocycles. The SMILES string of the molecule is Nc1cccn(-c2cccs2)c1=O. The molecule has 66 valence electrons. The number of rotatable bonds is 1. The Kier molecular flexibility index (Phi) is 1.90. The van der Waals surface area contributed by atoms with Crippen molar-refractivity contribution >= 4 is 17.0 Å². The zero-order valence-electron chi connectivity index (χ0n) is 6.81. The molecule has 2 aromatic heterocycles. The van der Waals surface area contributed by atoms with Crippen LogP contribution < -0.4 is 11.3 Å². The fourth-order valence-corrected chi connectivity index (χ4v) is 1.80. The number of aromatic nitrogens is 1. The predicted octanol–water partition coefficient (Wildman–Crippen LogP) is 1.48. The fraction of sp³-hybridized carbons (Fsp3) is 0. The van der Waals surface area contributed by atoms with Crippen molar-refractivity contribution in [2.45, 2.75) is 0 Å². The molecule has 0 saturated heterocycles. The van der Waals surface area contributed by atoms with Crippen molar-refractivity contribution in [1.29, 1.82) is 0 Å². The van der Waals surface area contributed by atoms with Crippen LogP contribution in [0, 0.1) is 0 Å². The Balaban J connectivity index is 2.66. The van der Waals surface area contributed by atoms with E-state index in [0.717, 1.165) is 5.00 Å². The lowest BCUT2D eigenvalue weighted by atomic mass is 10.4. The molecule has 0 aliphatic carbocycles. The van der Waals surface area contributed by atoms with Crippen molar-refractivity contribution in [1.82, 2.24) is 4.57 Å². The van der Waals surface area contributed by atoms with Gasteiger partial charge in [-0.2, -0.15) is 0 Å². The van der Waals surface area contributed by atoms with Crippen LogP contribution in [0.15, 0.2) is 40.6 Å². The summed E-state index contributed by atoms with van der Waals surface area (Å²) in [5.74, 6) is 0.